The second-order valence-electron chi connectivity index (χ2n) is 6.66. The molecule has 1 heterocycles. The van der Waals surface area contributed by atoms with Crippen molar-refractivity contribution in [3.63, 3.8) is 0 Å². The summed E-state index contributed by atoms with van der Waals surface area (Å²) >= 11 is 6.25. The molecule has 3 aromatic carbocycles. The van der Waals surface area contributed by atoms with E-state index in [-0.39, 0.29) is 12.0 Å². The van der Waals surface area contributed by atoms with Crippen LogP contribution in [-0.2, 0) is 0 Å². The summed E-state index contributed by atoms with van der Waals surface area (Å²) in [4.78, 5) is 0. The van der Waals surface area contributed by atoms with Crippen molar-refractivity contribution < 1.29 is 4.74 Å². The SMILES string of the molecule is Clc1cccc(-c2cccc3c2C2C(c4ccccc4)=CC=CC2O3)c1. The van der Waals surface area contributed by atoms with Gasteiger partial charge in [0.2, 0.25) is 0 Å². The molecule has 2 unspecified atom stereocenters. The van der Waals surface area contributed by atoms with Crippen LogP contribution in [0.5, 0.6) is 5.75 Å². The van der Waals surface area contributed by atoms with E-state index in [2.05, 4.69) is 72.8 Å². The molecule has 0 radical (unpaired) electrons. The van der Waals surface area contributed by atoms with Crippen molar-refractivity contribution in [2.45, 2.75) is 12.0 Å². The Hall–Kier alpha value is -2.77. The molecule has 0 fully saturated rings. The monoisotopic (exact) mass is 356 g/mol. The third-order valence-electron chi connectivity index (χ3n) is 5.12. The van der Waals surface area contributed by atoms with Gasteiger partial charge in [-0.05, 0) is 46.5 Å². The van der Waals surface area contributed by atoms with Crippen molar-refractivity contribution >= 4 is 17.2 Å². The Labute approximate surface area is 158 Å². The van der Waals surface area contributed by atoms with Crippen LogP contribution < -0.4 is 4.74 Å². The summed E-state index contributed by atoms with van der Waals surface area (Å²) in [6.45, 7) is 0. The lowest BCUT2D eigenvalue weighted by atomic mass is 9.79. The van der Waals surface area contributed by atoms with E-state index in [4.69, 9.17) is 16.3 Å². The van der Waals surface area contributed by atoms with Crippen molar-refractivity contribution in [2.75, 3.05) is 0 Å². The highest BCUT2D eigenvalue weighted by Crippen LogP contribution is 2.51. The maximum atomic E-state index is 6.29. The number of hydrogen-bond acceptors (Lipinski definition) is 1. The Morgan fingerprint density at radius 3 is 2.46 bits per heavy atom. The summed E-state index contributed by atoms with van der Waals surface area (Å²) < 4.78 is 6.29. The molecule has 0 spiro atoms. The molecule has 1 nitrogen and oxygen atoms in total. The minimum Gasteiger partial charge on any atom is -0.485 e. The highest BCUT2D eigenvalue weighted by atomic mass is 35.5. The van der Waals surface area contributed by atoms with Crippen LogP contribution in [0.1, 0.15) is 17.0 Å². The zero-order valence-corrected chi connectivity index (χ0v) is 14.9. The third kappa shape index (κ3) is 2.48. The lowest BCUT2D eigenvalue weighted by Gasteiger charge is -2.24. The first-order valence-electron chi connectivity index (χ1n) is 8.80. The Kier molecular flexibility index (Phi) is 3.69. The first-order valence-corrected chi connectivity index (χ1v) is 9.18. The van der Waals surface area contributed by atoms with Gasteiger partial charge in [-0.3, -0.25) is 0 Å². The molecule has 3 aromatic rings. The fourth-order valence-corrected chi connectivity index (χ4v) is 4.21. The zero-order valence-electron chi connectivity index (χ0n) is 14.1. The van der Waals surface area contributed by atoms with Crippen molar-refractivity contribution in [3.8, 4) is 16.9 Å². The van der Waals surface area contributed by atoms with E-state index < -0.39 is 0 Å². The van der Waals surface area contributed by atoms with Crippen LogP contribution in [0.25, 0.3) is 16.7 Å². The number of hydrogen-bond donors (Lipinski definition) is 0. The van der Waals surface area contributed by atoms with Gasteiger partial charge in [0.25, 0.3) is 0 Å². The van der Waals surface area contributed by atoms with E-state index in [1.165, 1.54) is 22.3 Å². The summed E-state index contributed by atoms with van der Waals surface area (Å²) in [6.07, 6.45) is 6.50. The van der Waals surface area contributed by atoms with E-state index >= 15 is 0 Å². The predicted molar refractivity (Wildman–Crippen MR) is 108 cm³/mol. The van der Waals surface area contributed by atoms with Gasteiger partial charge in [0.15, 0.2) is 0 Å². The van der Waals surface area contributed by atoms with Gasteiger partial charge < -0.3 is 4.74 Å². The molecule has 2 heteroatoms. The molecule has 1 aliphatic heterocycles. The third-order valence-corrected chi connectivity index (χ3v) is 5.36. The molecular weight excluding hydrogens is 340 g/mol. The fraction of sp³-hybridized carbons (Fsp3) is 0.0833. The molecule has 0 aromatic heterocycles. The minimum absolute atomic E-state index is 0.0329. The molecule has 26 heavy (non-hydrogen) atoms. The quantitative estimate of drug-likeness (QED) is 0.509. The molecule has 5 rings (SSSR count). The van der Waals surface area contributed by atoms with Crippen LogP contribution in [0.15, 0.2) is 91.0 Å². The zero-order chi connectivity index (χ0) is 17.5. The molecular formula is C24H17ClO. The maximum absolute atomic E-state index is 6.29. The fourth-order valence-electron chi connectivity index (χ4n) is 4.02. The first kappa shape index (κ1) is 15.5. The minimum atomic E-state index is 0.0329. The van der Waals surface area contributed by atoms with Crippen molar-refractivity contribution in [3.05, 3.63) is 107 Å². The van der Waals surface area contributed by atoms with Crippen LogP contribution in [-0.4, -0.2) is 6.10 Å². The van der Waals surface area contributed by atoms with Crippen LogP contribution in [0.3, 0.4) is 0 Å². The van der Waals surface area contributed by atoms with Gasteiger partial charge in [0, 0.05) is 10.6 Å². The van der Waals surface area contributed by atoms with Gasteiger partial charge in [-0.1, -0.05) is 78.4 Å². The molecule has 1 aliphatic carbocycles. The van der Waals surface area contributed by atoms with Crippen LogP contribution >= 0.6 is 11.6 Å². The van der Waals surface area contributed by atoms with Gasteiger partial charge in [-0.25, -0.2) is 0 Å². The second-order valence-corrected chi connectivity index (χ2v) is 7.10. The van der Waals surface area contributed by atoms with Crippen LogP contribution in [0.2, 0.25) is 5.02 Å². The topological polar surface area (TPSA) is 9.23 Å². The Morgan fingerprint density at radius 1 is 0.808 bits per heavy atom. The maximum Gasteiger partial charge on any atom is 0.128 e. The lowest BCUT2D eigenvalue weighted by molar-refractivity contribution is 0.271. The second kappa shape index (κ2) is 6.19. The number of benzene rings is 3. The molecule has 0 saturated carbocycles. The number of ether oxygens (including phenoxy) is 1. The first-order chi connectivity index (χ1) is 12.8. The number of halogens is 1. The average molecular weight is 357 g/mol. The lowest BCUT2D eigenvalue weighted by Crippen LogP contribution is -2.19. The highest BCUT2D eigenvalue weighted by molar-refractivity contribution is 6.30. The van der Waals surface area contributed by atoms with Gasteiger partial charge in [0.1, 0.15) is 11.9 Å². The number of allylic oxidation sites excluding steroid dienone is 2. The Balaban J connectivity index is 1.70. The molecule has 2 aliphatic rings. The summed E-state index contributed by atoms with van der Waals surface area (Å²) in [5.74, 6) is 1.15. The largest absolute Gasteiger partial charge is 0.485 e. The smallest absolute Gasteiger partial charge is 0.128 e. The van der Waals surface area contributed by atoms with E-state index in [9.17, 15) is 0 Å². The van der Waals surface area contributed by atoms with Crippen molar-refractivity contribution in [1.82, 2.24) is 0 Å². The van der Waals surface area contributed by atoms with Crippen molar-refractivity contribution in [2.24, 2.45) is 0 Å². The normalized spacial score (nSPS) is 20.1. The molecule has 2 atom stereocenters. The molecule has 0 saturated heterocycles. The van der Waals surface area contributed by atoms with Gasteiger partial charge >= 0.3 is 0 Å². The van der Waals surface area contributed by atoms with E-state index in [0.29, 0.717) is 0 Å². The number of rotatable bonds is 2. The summed E-state index contributed by atoms with van der Waals surface area (Å²) in [6, 6.07) is 24.9. The molecule has 0 amide bonds. The summed E-state index contributed by atoms with van der Waals surface area (Å²) in [7, 11) is 0. The van der Waals surface area contributed by atoms with Crippen LogP contribution in [0, 0.1) is 0 Å². The summed E-state index contributed by atoms with van der Waals surface area (Å²) in [5, 5.41) is 0.748. The van der Waals surface area contributed by atoms with E-state index in [1.54, 1.807) is 0 Å². The van der Waals surface area contributed by atoms with Crippen molar-refractivity contribution in [1.29, 1.82) is 0 Å². The Bertz CT molecular complexity index is 1030. The molecule has 0 N–H and O–H groups in total. The van der Waals surface area contributed by atoms with E-state index in [0.717, 1.165) is 16.3 Å². The average Bonchev–Trinajstić information content (AvgIpc) is 3.07. The predicted octanol–water partition coefficient (Wildman–Crippen LogP) is 6.51. The number of fused-ring (bicyclic) bond motifs is 3. The highest BCUT2D eigenvalue weighted by Gasteiger charge is 2.38. The van der Waals surface area contributed by atoms with Gasteiger partial charge in [-0.15, -0.1) is 0 Å². The van der Waals surface area contributed by atoms with Crippen LogP contribution in [0.4, 0.5) is 0 Å². The molecule has 0 bridgehead atoms. The van der Waals surface area contributed by atoms with E-state index in [1.807, 2.05) is 18.2 Å². The Morgan fingerprint density at radius 2 is 1.62 bits per heavy atom. The van der Waals surface area contributed by atoms with Gasteiger partial charge in [-0.2, -0.15) is 0 Å². The molecule has 126 valence electrons. The van der Waals surface area contributed by atoms with Gasteiger partial charge in [0.05, 0.1) is 5.92 Å². The summed E-state index contributed by atoms with van der Waals surface area (Å²) in [5.41, 5.74) is 6.10. The standard InChI is InChI=1S/C24H17ClO/c25-18-10-4-9-17(15-18)20-12-6-14-22-24(20)23-19(11-5-13-21(23)26-22)16-7-2-1-3-8-16/h1-15,21,23H.